The first-order valence-corrected chi connectivity index (χ1v) is 5.13. The zero-order valence-corrected chi connectivity index (χ0v) is 9.55. The van der Waals surface area contributed by atoms with Gasteiger partial charge in [-0.2, -0.15) is 0 Å². The van der Waals surface area contributed by atoms with Gasteiger partial charge in [-0.3, -0.25) is 4.79 Å². The summed E-state index contributed by atoms with van der Waals surface area (Å²) in [4.78, 5) is 11.3. The van der Waals surface area contributed by atoms with Crippen molar-refractivity contribution in [1.29, 1.82) is 0 Å². The first-order chi connectivity index (χ1) is 6.11. The van der Waals surface area contributed by atoms with Gasteiger partial charge in [0.15, 0.2) is 0 Å². The smallest absolute Gasteiger partial charge is 0.324 e. The van der Waals surface area contributed by atoms with Gasteiger partial charge in [-0.1, -0.05) is 27.7 Å². The summed E-state index contributed by atoms with van der Waals surface area (Å²) < 4.78 is 0. The molecule has 3 heteroatoms. The summed E-state index contributed by atoms with van der Waals surface area (Å²) >= 11 is 0. The second kappa shape index (κ2) is 2.96. The van der Waals surface area contributed by atoms with Crippen LogP contribution in [0.3, 0.4) is 0 Å². The highest BCUT2D eigenvalue weighted by atomic mass is 16.4. The van der Waals surface area contributed by atoms with E-state index in [9.17, 15) is 9.90 Å². The molecule has 0 spiro atoms. The Morgan fingerprint density at radius 2 is 1.71 bits per heavy atom. The van der Waals surface area contributed by atoms with Gasteiger partial charge in [0.05, 0.1) is 0 Å². The summed E-state index contributed by atoms with van der Waals surface area (Å²) in [7, 11) is 0. The Morgan fingerprint density at radius 3 is 2.07 bits per heavy atom. The number of carboxylic acid groups (broad SMARTS) is 1. The highest BCUT2D eigenvalue weighted by molar-refractivity contribution is 5.80. The molecule has 3 nitrogen and oxygen atoms in total. The van der Waals surface area contributed by atoms with E-state index in [1.165, 1.54) is 0 Å². The Hall–Kier alpha value is -0.570. The lowest BCUT2D eigenvalue weighted by Gasteiger charge is -2.50. The van der Waals surface area contributed by atoms with Crippen LogP contribution in [0.5, 0.6) is 0 Å². The normalized spacial score (nSPS) is 35.2. The maximum absolute atomic E-state index is 11.3. The number of hydrogen-bond acceptors (Lipinski definition) is 2. The molecule has 1 aliphatic rings. The van der Waals surface area contributed by atoms with Gasteiger partial charge in [0.25, 0.3) is 0 Å². The molecule has 0 saturated heterocycles. The molecule has 0 aromatic rings. The average Bonchev–Trinajstić information content (AvgIpc) is 1.98. The first-order valence-electron chi connectivity index (χ1n) is 5.13. The minimum Gasteiger partial charge on any atom is -0.480 e. The average molecular weight is 199 g/mol. The summed E-state index contributed by atoms with van der Waals surface area (Å²) in [5, 5.41) is 9.24. The van der Waals surface area contributed by atoms with E-state index in [0.29, 0.717) is 6.42 Å². The number of aliphatic carboxylic acids is 1. The van der Waals surface area contributed by atoms with Gasteiger partial charge in [-0.25, -0.2) is 0 Å². The maximum atomic E-state index is 11.3. The standard InChI is InChI=1S/C11H21NO2/c1-9(2)5-6-10(3,4)11(12,7-9)8(13)14/h5-7,12H2,1-4H3,(H,13,14). The molecule has 0 aliphatic heterocycles. The van der Waals surface area contributed by atoms with E-state index in [2.05, 4.69) is 13.8 Å². The number of carbonyl (C=O) groups is 1. The van der Waals surface area contributed by atoms with Crippen molar-refractivity contribution >= 4 is 5.97 Å². The van der Waals surface area contributed by atoms with Crippen LogP contribution in [0.1, 0.15) is 47.0 Å². The zero-order chi connectivity index (χ0) is 11.2. The topological polar surface area (TPSA) is 63.3 Å². The van der Waals surface area contributed by atoms with E-state index in [4.69, 9.17) is 5.73 Å². The van der Waals surface area contributed by atoms with Crippen LogP contribution < -0.4 is 5.73 Å². The van der Waals surface area contributed by atoms with E-state index in [0.717, 1.165) is 12.8 Å². The van der Waals surface area contributed by atoms with Crippen molar-refractivity contribution in [2.75, 3.05) is 0 Å². The van der Waals surface area contributed by atoms with Crippen LogP contribution >= 0.6 is 0 Å². The number of hydrogen-bond donors (Lipinski definition) is 2. The summed E-state index contributed by atoms with van der Waals surface area (Å²) in [6, 6.07) is 0. The molecule has 0 heterocycles. The molecule has 1 saturated carbocycles. The molecule has 1 aliphatic carbocycles. The van der Waals surface area contributed by atoms with Crippen LogP contribution in [0.25, 0.3) is 0 Å². The molecule has 82 valence electrons. The van der Waals surface area contributed by atoms with Crippen molar-refractivity contribution in [3.8, 4) is 0 Å². The van der Waals surface area contributed by atoms with E-state index in [-0.39, 0.29) is 10.8 Å². The van der Waals surface area contributed by atoms with Crippen LogP contribution in [0, 0.1) is 10.8 Å². The largest absolute Gasteiger partial charge is 0.480 e. The third-order valence-corrected chi connectivity index (χ3v) is 3.77. The minimum atomic E-state index is -1.07. The lowest BCUT2D eigenvalue weighted by Crippen LogP contribution is -2.63. The molecule has 3 N–H and O–H groups in total. The second-order valence-electron chi connectivity index (χ2n) is 6.00. The van der Waals surface area contributed by atoms with Gasteiger partial charge in [-0.15, -0.1) is 0 Å². The molecular formula is C11H21NO2. The highest BCUT2D eigenvalue weighted by Gasteiger charge is 2.54. The van der Waals surface area contributed by atoms with Crippen molar-refractivity contribution in [3.05, 3.63) is 0 Å². The molecule has 14 heavy (non-hydrogen) atoms. The fourth-order valence-electron chi connectivity index (χ4n) is 2.32. The molecule has 0 amide bonds. The third-order valence-electron chi connectivity index (χ3n) is 3.77. The van der Waals surface area contributed by atoms with Crippen LogP contribution in [0.15, 0.2) is 0 Å². The Bertz CT molecular complexity index is 258. The quantitative estimate of drug-likeness (QED) is 0.679. The van der Waals surface area contributed by atoms with Crippen molar-refractivity contribution in [3.63, 3.8) is 0 Å². The van der Waals surface area contributed by atoms with Gasteiger partial charge in [0, 0.05) is 0 Å². The van der Waals surface area contributed by atoms with Crippen molar-refractivity contribution in [2.24, 2.45) is 16.6 Å². The Morgan fingerprint density at radius 1 is 1.21 bits per heavy atom. The summed E-state index contributed by atoms with van der Waals surface area (Å²) in [5.74, 6) is -0.865. The molecular weight excluding hydrogens is 178 g/mol. The van der Waals surface area contributed by atoms with Crippen molar-refractivity contribution in [2.45, 2.75) is 52.5 Å². The minimum absolute atomic E-state index is 0.0443. The Labute approximate surface area is 85.7 Å². The lowest BCUT2D eigenvalue weighted by molar-refractivity contribution is -0.153. The van der Waals surface area contributed by atoms with Crippen LogP contribution in [0.2, 0.25) is 0 Å². The van der Waals surface area contributed by atoms with Crippen LogP contribution in [0.4, 0.5) is 0 Å². The summed E-state index contributed by atoms with van der Waals surface area (Å²) in [6.07, 6.45) is 2.48. The molecule has 1 atom stereocenters. The zero-order valence-electron chi connectivity index (χ0n) is 9.55. The van der Waals surface area contributed by atoms with Crippen LogP contribution in [-0.2, 0) is 4.79 Å². The van der Waals surface area contributed by atoms with Gasteiger partial charge in [0.2, 0.25) is 0 Å². The van der Waals surface area contributed by atoms with E-state index >= 15 is 0 Å². The molecule has 0 bridgehead atoms. The highest BCUT2D eigenvalue weighted by Crippen LogP contribution is 2.49. The molecule has 0 aromatic carbocycles. The number of nitrogens with two attached hydrogens (primary N) is 1. The first kappa shape index (κ1) is 11.5. The molecule has 0 radical (unpaired) electrons. The Balaban J connectivity index is 3.04. The van der Waals surface area contributed by atoms with Crippen molar-refractivity contribution < 1.29 is 9.90 Å². The Kier molecular flexibility index (Phi) is 2.43. The molecule has 1 rings (SSSR count). The fourth-order valence-corrected chi connectivity index (χ4v) is 2.32. The van der Waals surface area contributed by atoms with Gasteiger partial charge in [0.1, 0.15) is 5.54 Å². The molecule has 1 fully saturated rings. The summed E-state index contributed by atoms with van der Waals surface area (Å²) in [6.45, 7) is 8.09. The van der Waals surface area contributed by atoms with E-state index in [1.54, 1.807) is 0 Å². The maximum Gasteiger partial charge on any atom is 0.324 e. The van der Waals surface area contributed by atoms with E-state index in [1.807, 2.05) is 13.8 Å². The van der Waals surface area contributed by atoms with Gasteiger partial charge in [-0.05, 0) is 30.1 Å². The predicted octanol–water partition coefficient (Wildman–Crippen LogP) is 2.00. The van der Waals surface area contributed by atoms with Crippen molar-refractivity contribution in [1.82, 2.24) is 0 Å². The molecule has 1 unspecified atom stereocenters. The lowest BCUT2D eigenvalue weighted by atomic mass is 9.56. The number of carboxylic acids is 1. The SMILES string of the molecule is CC1(C)CCC(C)(C)C(N)(C(=O)O)C1. The van der Waals surface area contributed by atoms with Gasteiger partial charge < -0.3 is 10.8 Å². The third kappa shape index (κ3) is 1.65. The van der Waals surface area contributed by atoms with Crippen LogP contribution in [-0.4, -0.2) is 16.6 Å². The number of rotatable bonds is 1. The molecule has 0 aromatic heterocycles. The van der Waals surface area contributed by atoms with E-state index < -0.39 is 11.5 Å². The fraction of sp³-hybridized carbons (Fsp3) is 0.909. The monoisotopic (exact) mass is 199 g/mol. The summed E-state index contributed by atoms with van der Waals surface area (Å²) in [5.41, 5.74) is 4.71. The predicted molar refractivity (Wildman–Crippen MR) is 56.0 cm³/mol. The second-order valence-corrected chi connectivity index (χ2v) is 6.00. The van der Waals surface area contributed by atoms with Gasteiger partial charge >= 0.3 is 5.97 Å².